The number of rotatable bonds is 4. The van der Waals surface area contributed by atoms with Gasteiger partial charge in [-0.1, -0.05) is 11.6 Å². The van der Waals surface area contributed by atoms with Gasteiger partial charge in [0.1, 0.15) is 0 Å². The maximum Gasteiger partial charge on any atom is 0.337 e. The number of anilines is 1. The molecule has 108 valence electrons. The molecule has 0 heterocycles. The van der Waals surface area contributed by atoms with Gasteiger partial charge in [0.25, 0.3) is 0 Å². The van der Waals surface area contributed by atoms with Crippen molar-refractivity contribution in [2.24, 2.45) is 0 Å². The van der Waals surface area contributed by atoms with E-state index in [4.69, 9.17) is 21.4 Å². The van der Waals surface area contributed by atoms with Gasteiger partial charge in [-0.05, 0) is 31.0 Å². The molecule has 0 aromatic heterocycles. The highest BCUT2D eigenvalue weighted by Crippen LogP contribution is 2.23. The first kappa shape index (κ1) is 14.6. The quantitative estimate of drug-likeness (QED) is 0.796. The van der Waals surface area contributed by atoms with Crippen LogP contribution in [0.25, 0.3) is 0 Å². The first-order valence-electron chi connectivity index (χ1n) is 6.12. The number of carbonyl (C=O) groups is 2. The average molecular weight is 299 g/mol. The lowest BCUT2D eigenvalue weighted by Gasteiger charge is -2.34. The lowest BCUT2D eigenvalue weighted by Crippen LogP contribution is -2.48. The first-order valence-corrected chi connectivity index (χ1v) is 6.50. The van der Waals surface area contributed by atoms with E-state index in [2.05, 4.69) is 10.6 Å². The fraction of sp³-hybridized carbons (Fsp3) is 0.385. The summed E-state index contributed by atoms with van der Waals surface area (Å²) in [4.78, 5) is 22.9. The van der Waals surface area contributed by atoms with Crippen molar-refractivity contribution in [3.63, 3.8) is 0 Å². The standard InChI is InChI=1S/C13H15ClN2O4/c1-20-9-5-8(6-9)15-13(19)16-11-3-2-7(14)4-10(11)12(17)18/h2-4,8-9H,5-6H2,1H3,(H,17,18)(H2,15,16,19). The molecule has 0 spiro atoms. The Bertz CT molecular complexity index is 529. The lowest BCUT2D eigenvalue weighted by molar-refractivity contribution is 0.0210. The van der Waals surface area contributed by atoms with Crippen molar-refractivity contribution < 1.29 is 19.4 Å². The van der Waals surface area contributed by atoms with Crippen LogP contribution in [0, 0.1) is 0 Å². The van der Waals surface area contributed by atoms with Crippen molar-refractivity contribution in [2.75, 3.05) is 12.4 Å². The highest BCUT2D eigenvalue weighted by molar-refractivity contribution is 6.31. The van der Waals surface area contributed by atoms with Gasteiger partial charge in [0.15, 0.2) is 0 Å². The molecule has 1 aromatic carbocycles. The summed E-state index contributed by atoms with van der Waals surface area (Å²) in [6, 6.07) is 3.90. The second-order valence-electron chi connectivity index (χ2n) is 4.62. The molecule has 0 unspecified atom stereocenters. The lowest BCUT2D eigenvalue weighted by atomic mass is 9.89. The number of carboxylic acid groups (broad SMARTS) is 1. The van der Waals surface area contributed by atoms with E-state index in [9.17, 15) is 9.59 Å². The molecule has 2 amide bonds. The van der Waals surface area contributed by atoms with Gasteiger partial charge in [0.05, 0.1) is 17.4 Å². The summed E-state index contributed by atoms with van der Waals surface area (Å²) in [7, 11) is 1.63. The predicted octanol–water partition coefficient (Wildman–Crippen LogP) is 2.34. The topological polar surface area (TPSA) is 87.7 Å². The Morgan fingerprint density at radius 2 is 2.10 bits per heavy atom. The third kappa shape index (κ3) is 3.40. The van der Waals surface area contributed by atoms with Crippen LogP contribution in [0.2, 0.25) is 5.02 Å². The van der Waals surface area contributed by atoms with Crippen molar-refractivity contribution in [1.82, 2.24) is 5.32 Å². The number of aromatic carboxylic acids is 1. The Labute approximate surface area is 121 Å². The van der Waals surface area contributed by atoms with Crippen LogP contribution in [0.5, 0.6) is 0 Å². The Kier molecular flexibility index (Phi) is 4.46. The van der Waals surface area contributed by atoms with E-state index in [1.54, 1.807) is 7.11 Å². The number of ether oxygens (including phenoxy) is 1. The smallest absolute Gasteiger partial charge is 0.337 e. The zero-order valence-electron chi connectivity index (χ0n) is 10.9. The van der Waals surface area contributed by atoms with E-state index in [-0.39, 0.29) is 23.4 Å². The summed E-state index contributed by atoms with van der Waals surface area (Å²) in [5.74, 6) is -1.15. The van der Waals surface area contributed by atoms with Crippen molar-refractivity contribution in [2.45, 2.75) is 25.0 Å². The summed E-state index contributed by atoms with van der Waals surface area (Å²) in [6.45, 7) is 0. The zero-order chi connectivity index (χ0) is 14.7. The molecule has 0 radical (unpaired) electrons. The monoisotopic (exact) mass is 298 g/mol. The number of halogens is 1. The average Bonchev–Trinajstić information content (AvgIpc) is 2.35. The Hall–Kier alpha value is -1.79. The van der Waals surface area contributed by atoms with Crippen LogP contribution in [0.15, 0.2) is 18.2 Å². The number of hydrogen-bond donors (Lipinski definition) is 3. The van der Waals surface area contributed by atoms with E-state index in [1.807, 2.05) is 0 Å². The number of carbonyl (C=O) groups excluding carboxylic acids is 1. The molecular formula is C13H15ClN2O4. The minimum Gasteiger partial charge on any atom is -0.478 e. The first-order chi connectivity index (χ1) is 9.49. The summed E-state index contributed by atoms with van der Waals surface area (Å²) >= 11 is 5.74. The van der Waals surface area contributed by atoms with Crippen molar-refractivity contribution in [3.8, 4) is 0 Å². The molecule has 6 nitrogen and oxygen atoms in total. The van der Waals surface area contributed by atoms with Gasteiger partial charge in [0, 0.05) is 18.2 Å². The molecule has 1 aliphatic rings. The van der Waals surface area contributed by atoms with Crippen molar-refractivity contribution in [3.05, 3.63) is 28.8 Å². The zero-order valence-corrected chi connectivity index (χ0v) is 11.6. The van der Waals surface area contributed by atoms with Gasteiger partial charge in [-0.25, -0.2) is 9.59 Å². The maximum atomic E-state index is 11.8. The SMILES string of the molecule is COC1CC(NC(=O)Nc2ccc(Cl)cc2C(=O)O)C1. The summed E-state index contributed by atoms with van der Waals surface area (Å²) < 4.78 is 5.12. The van der Waals surface area contributed by atoms with Gasteiger partial charge in [0.2, 0.25) is 0 Å². The Morgan fingerprint density at radius 3 is 2.70 bits per heavy atom. The normalized spacial score (nSPS) is 20.9. The van der Waals surface area contributed by atoms with Crippen LogP contribution < -0.4 is 10.6 Å². The van der Waals surface area contributed by atoms with E-state index in [0.717, 1.165) is 12.8 Å². The minimum absolute atomic E-state index is 0.0453. The molecule has 3 N–H and O–H groups in total. The van der Waals surface area contributed by atoms with Crippen LogP contribution in [0.1, 0.15) is 23.2 Å². The van der Waals surface area contributed by atoms with Gasteiger partial charge in [-0.3, -0.25) is 0 Å². The molecule has 7 heteroatoms. The Morgan fingerprint density at radius 1 is 1.40 bits per heavy atom. The third-order valence-electron chi connectivity index (χ3n) is 3.22. The van der Waals surface area contributed by atoms with E-state index >= 15 is 0 Å². The summed E-state index contributed by atoms with van der Waals surface area (Å²) in [5, 5.41) is 14.6. The van der Waals surface area contributed by atoms with Gasteiger partial charge in [-0.2, -0.15) is 0 Å². The highest BCUT2D eigenvalue weighted by atomic mass is 35.5. The number of nitrogens with one attached hydrogen (secondary N) is 2. The number of methoxy groups -OCH3 is 1. The van der Waals surface area contributed by atoms with Crippen molar-refractivity contribution in [1.29, 1.82) is 0 Å². The van der Waals surface area contributed by atoms with Crippen LogP contribution in [0.3, 0.4) is 0 Å². The molecule has 0 atom stereocenters. The van der Waals surface area contributed by atoms with E-state index in [0.29, 0.717) is 5.02 Å². The van der Waals surface area contributed by atoms with Gasteiger partial charge < -0.3 is 20.5 Å². The molecule has 2 rings (SSSR count). The fourth-order valence-corrected chi connectivity index (χ4v) is 2.19. The van der Waals surface area contributed by atoms with Crippen molar-refractivity contribution >= 4 is 29.3 Å². The molecule has 0 aliphatic heterocycles. The van der Waals surface area contributed by atoms with Crippen LogP contribution in [0.4, 0.5) is 10.5 Å². The van der Waals surface area contributed by atoms with Gasteiger partial charge in [-0.15, -0.1) is 0 Å². The minimum atomic E-state index is -1.15. The molecule has 20 heavy (non-hydrogen) atoms. The number of amides is 2. The fourth-order valence-electron chi connectivity index (χ4n) is 2.02. The van der Waals surface area contributed by atoms with E-state index < -0.39 is 12.0 Å². The van der Waals surface area contributed by atoms with Crippen LogP contribution in [-0.4, -0.2) is 36.4 Å². The highest BCUT2D eigenvalue weighted by Gasteiger charge is 2.30. The van der Waals surface area contributed by atoms with Gasteiger partial charge >= 0.3 is 12.0 Å². The molecule has 1 saturated carbocycles. The molecular weight excluding hydrogens is 284 g/mol. The Balaban J connectivity index is 1.96. The third-order valence-corrected chi connectivity index (χ3v) is 3.46. The molecule has 1 fully saturated rings. The summed E-state index contributed by atoms with van der Waals surface area (Å²) in [6.07, 6.45) is 1.71. The molecule has 0 bridgehead atoms. The molecule has 1 aromatic rings. The molecule has 0 saturated heterocycles. The number of urea groups is 1. The number of benzene rings is 1. The largest absolute Gasteiger partial charge is 0.478 e. The molecule has 1 aliphatic carbocycles. The van der Waals surface area contributed by atoms with Crippen LogP contribution >= 0.6 is 11.6 Å². The van der Waals surface area contributed by atoms with Crippen LogP contribution in [-0.2, 0) is 4.74 Å². The predicted molar refractivity (Wildman–Crippen MR) is 74.4 cm³/mol. The second-order valence-corrected chi connectivity index (χ2v) is 5.06. The second kappa shape index (κ2) is 6.11. The maximum absolute atomic E-state index is 11.8. The number of hydrogen-bond acceptors (Lipinski definition) is 3. The summed E-state index contributed by atoms with van der Waals surface area (Å²) in [5.41, 5.74) is 0.165. The number of carboxylic acids is 1. The van der Waals surface area contributed by atoms with E-state index in [1.165, 1.54) is 18.2 Å².